The van der Waals surface area contributed by atoms with Gasteiger partial charge in [-0.15, -0.1) is 0 Å². The lowest BCUT2D eigenvalue weighted by molar-refractivity contribution is 1.06. The van der Waals surface area contributed by atoms with Crippen LogP contribution in [0.4, 0.5) is 17.5 Å². The zero-order valence-corrected chi connectivity index (χ0v) is 12.9. The first-order valence-electron chi connectivity index (χ1n) is 7.61. The normalized spacial score (nSPS) is 11.0. The van der Waals surface area contributed by atoms with E-state index in [-0.39, 0.29) is 5.95 Å². The van der Waals surface area contributed by atoms with Gasteiger partial charge in [-0.3, -0.25) is 0 Å². The smallest absolute Gasteiger partial charge is 0.222 e. The van der Waals surface area contributed by atoms with E-state index in [1.165, 1.54) is 10.8 Å². The maximum absolute atomic E-state index is 5.89. The molecule has 0 aliphatic carbocycles. The van der Waals surface area contributed by atoms with Crippen molar-refractivity contribution < 1.29 is 0 Å². The molecular formula is C18H16N6. The molecule has 0 aliphatic heterocycles. The Labute approximate surface area is 138 Å². The summed E-state index contributed by atoms with van der Waals surface area (Å²) in [6.45, 7) is 0.577. The van der Waals surface area contributed by atoms with Gasteiger partial charge in [0.2, 0.25) is 5.95 Å². The molecule has 6 heteroatoms. The van der Waals surface area contributed by atoms with E-state index < -0.39 is 0 Å². The van der Waals surface area contributed by atoms with E-state index in [4.69, 9.17) is 11.5 Å². The zero-order chi connectivity index (χ0) is 16.5. The van der Waals surface area contributed by atoms with Crippen LogP contribution in [-0.4, -0.2) is 15.0 Å². The Morgan fingerprint density at radius 1 is 0.833 bits per heavy atom. The van der Waals surface area contributed by atoms with Crippen molar-refractivity contribution in [3.63, 3.8) is 0 Å². The molecule has 0 unspecified atom stereocenters. The largest absolute Gasteiger partial charge is 0.382 e. The van der Waals surface area contributed by atoms with Crippen molar-refractivity contribution in [3.8, 4) is 0 Å². The highest BCUT2D eigenvalue weighted by molar-refractivity contribution is 5.93. The van der Waals surface area contributed by atoms with Gasteiger partial charge in [0.05, 0.1) is 17.8 Å². The Hall–Kier alpha value is -3.41. The molecule has 0 bridgehead atoms. The molecule has 118 valence electrons. The molecule has 2 aromatic heterocycles. The van der Waals surface area contributed by atoms with Crippen LogP contribution in [0.25, 0.3) is 21.8 Å². The number of nitrogens with zero attached hydrogens (tertiary/aromatic N) is 3. The molecule has 24 heavy (non-hydrogen) atoms. The third kappa shape index (κ3) is 2.54. The van der Waals surface area contributed by atoms with Crippen molar-refractivity contribution in [2.75, 3.05) is 16.8 Å². The molecule has 0 fully saturated rings. The molecule has 4 rings (SSSR count). The summed E-state index contributed by atoms with van der Waals surface area (Å²) in [7, 11) is 0. The number of benzene rings is 2. The highest BCUT2D eigenvalue weighted by atomic mass is 15.1. The van der Waals surface area contributed by atoms with Crippen molar-refractivity contribution in [2.45, 2.75) is 6.54 Å². The topological polar surface area (TPSA) is 103 Å². The number of anilines is 3. The summed E-state index contributed by atoms with van der Waals surface area (Å²) in [6.07, 6.45) is 0. The van der Waals surface area contributed by atoms with E-state index in [9.17, 15) is 0 Å². The standard InChI is InChI=1S/C18H16N6/c19-17-16-15(23-18(20)24-17)9-8-12(22-16)10-21-14-7-3-5-11-4-1-2-6-13(11)14/h1-9,21H,10H2,(H4,19,20,23,24). The van der Waals surface area contributed by atoms with Crippen LogP contribution >= 0.6 is 0 Å². The van der Waals surface area contributed by atoms with E-state index in [1.807, 2.05) is 30.3 Å². The fourth-order valence-corrected chi connectivity index (χ4v) is 2.76. The Bertz CT molecular complexity index is 1040. The third-order valence-corrected chi connectivity index (χ3v) is 3.89. The second-order valence-corrected chi connectivity index (χ2v) is 5.52. The molecule has 2 heterocycles. The van der Waals surface area contributed by atoms with Gasteiger partial charge in [-0.1, -0.05) is 36.4 Å². The van der Waals surface area contributed by atoms with Crippen LogP contribution < -0.4 is 16.8 Å². The van der Waals surface area contributed by atoms with E-state index >= 15 is 0 Å². The molecule has 0 saturated heterocycles. The summed E-state index contributed by atoms with van der Waals surface area (Å²) in [6, 6.07) is 18.2. The fourth-order valence-electron chi connectivity index (χ4n) is 2.76. The summed E-state index contributed by atoms with van der Waals surface area (Å²) in [5, 5.41) is 5.80. The SMILES string of the molecule is Nc1nc(N)c2nc(CNc3cccc4ccccc34)ccc2n1. The Morgan fingerprint density at radius 3 is 2.58 bits per heavy atom. The zero-order valence-electron chi connectivity index (χ0n) is 12.9. The molecular weight excluding hydrogens is 300 g/mol. The van der Waals surface area contributed by atoms with Gasteiger partial charge in [0, 0.05) is 11.1 Å². The molecule has 6 nitrogen and oxygen atoms in total. The van der Waals surface area contributed by atoms with Crippen LogP contribution in [0.2, 0.25) is 0 Å². The summed E-state index contributed by atoms with van der Waals surface area (Å²) >= 11 is 0. The van der Waals surface area contributed by atoms with Crippen LogP contribution in [-0.2, 0) is 6.54 Å². The number of hydrogen-bond acceptors (Lipinski definition) is 6. The highest BCUT2D eigenvalue weighted by Crippen LogP contribution is 2.24. The highest BCUT2D eigenvalue weighted by Gasteiger charge is 2.07. The van der Waals surface area contributed by atoms with E-state index in [0.29, 0.717) is 23.4 Å². The average Bonchev–Trinajstić information content (AvgIpc) is 2.60. The van der Waals surface area contributed by atoms with Gasteiger partial charge in [-0.05, 0) is 23.6 Å². The minimum atomic E-state index is 0.156. The Morgan fingerprint density at radius 2 is 1.67 bits per heavy atom. The molecule has 2 aromatic carbocycles. The summed E-state index contributed by atoms with van der Waals surface area (Å²) in [5.74, 6) is 0.452. The summed E-state index contributed by atoms with van der Waals surface area (Å²) < 4.78 is 0. The Balaban J connectivity index is 1.65. The lowest BCUT2D eigenvalue weighted by Crippen LogP contribution is -2.05. The van der Waals surface area contributed by atoms with Crippen molar-refractivity contribution in [2.24, 2.45) is 0 Å². The lowest BCUT2D eigenvalue weighted by Gasteiger charge is -2.10. The number of nitrogen functional groups attached to an aromatic ring is 2. The average molecular weight is 316 g/mol. The molecule has 0 radical (unpaired) electrons. The van der Waals surface area contributed by atoms with Crippen LogP contribution in [0.1, 0.15) is 5.69 Å². The van der Waals surface area contributed by atoms with Gasteiger partial charge in [-0.2, -0.15) is 4.98 Å². The molecule has 0 aliphatic rings. The van der Waals surface area contributed by atoms with Crippen LogP contribution in [0.15, 0.2) is 54.6 Å². The van der Waals surface area contributed by atoms with Crippen molar-refractivity contribution in [1.29, 1.82) is 0 Å². The van der Waals surface area contributed by atoms with Gasteiger partial charge < -0.3 is 16.8 Å². The van der Waals surface area contributed by atoms with Gasteiger partial charge in [0.15, 0.2) is 5.82 Å². The number of aromatic nitrogens is 3. The van der Waals surface area contributed by atoms with Crippen molar-refractivity contribution >= 4 is 39.3 Å². The second-order valence-electron chi connectivity index (χ2n) is 5.52. The minimum absolute atomic E-state index is 0.156. The number of rotatable bonds is 3. The molecule has 5 N–H and O–H groups in total. The lowest BCUT2D eigenvalue weighted by atomic mass is 10.1. The molecule has 0 atom stereocenters. The first-order valence-corrected chi connectivity index (χ1v) is 7.61. The number of fused-ring (bicyclic) bond motifs is 2. The maximum Gasteiger partial charge on any atom is 0.222 e. The maximum atomic E-state index is 5.89. The molecule has 0 spiro atoms. The van der Waals surface area contributed by atoms with Gasteiger partial charge in [-0.25, -0.2) is 9.97 Å². The monoisotopic (exact) mass is 316 g/mol. The van der Waals surface area contributed by atoms with Gasteiger partial charge >= 0.3 is 0 Å². The number of nitrogens with one attached hydrogen (secondary N) is 1. The van der Waals surface area contributed by atoms with Crippen LogP contribution in [0.5, 0.6) is 0 Å². The van der Waals surface area contributed by atoms with Gasteiger partial charge in [0.1, 0.15) is 5.52 Å². The summed E-state index contributed by atoms with van der Waals surface area (Å²) in [4.78, 5) is 12.6. The van der Waals surface area contributed by atoms with E-state index in [1.54, 1.807) is 0 Å². The van der Waals surface area contributed by atoms with E-state index in [0.717, 1.165) is 11.4 Å². The van der Waals surface area contributed by atoms with E-state index in [2.05, 4.69) is 44.5 Å². The second kappa shape index (κ2) is 5.66. The van der Waals surface area contributed by atoms with Crippen molar-refractivity contribution in [1.82, 2.24) is 15.0 Å². The quantitative estimate of drug-likeness (QED) is 0.537. The fraction of sp³-hybridized carbons (Fsp3) is 0.0556. The van der Waals surface area contributed by atoms with Crippen LogP contribution in [0, 0.1) is 0 Å². The first-order chi connectivity index (χ1) is 11.7. The van der Waals surface area contributed by atoms with Crippen molar-refractivity contribution in [3.05, 3.63) is 60.3 Å². The third-order valence-electron chi connectivity index (χ3n) is 3.89. The minimum Gasteiger partial charge on any atom is -0.382 e. The van der Waals surface area contributed by atoms with Gasteiger partial charge in [0.25, 0.3) is 0 Å². The molecule has 0 amide bonds. The predicted molar refractivity (Wildman–Crippen MR) is 97.4 cm³/mol. The first kappa shape index (κ1) is 14.2. The molecule has 0 saturated carbocycles. The Kier molecular flexibility index (Phi) is 3.35. The number of pyridine rings is 1. The van der Waals surface area contributed by atoms with Crippen LogP contribution in [0.3, 0.4) is 0 Å². The predicted octanol–water partition coefficient (Wildman–Crippen LogP) is 2.95. The number of nitrogens with two attached hydrogens (primary N) is 2. The summed E-state index contributed by atoms with van der Waals surface area (Å²) in [5.41, 5.74) is 14.6. The number of hydrogen-bond donors (Lipinski definition) is 3. The molecule has 4 aromatic rings.